The van der Waals surface area contributed by atoms with Crippen molar-refractivity contribution < 1.29 is 27.6 Å². The molecule has 0 saturated carbocycles. The molecule has 0 N–H and O–H groups in total. The molecule has 0 atom stereocenters. The zero-order valence-corrected chi connectivity index (χ0v) is 16.4. The Morgan fingerprint density at radius 1 is 1.00 bits per heavy atom. The minimum atomic E-state index is -1.02. The number of esters is 1. The van der Waals surface area contributed by atoms with Crippen LogP contribution >= 0.6 is 0 Å². The summed E-state index contributed by atoms with van der Waals surface area (Å²) in [6.45, 7) is 7.41. The van der Waals surface area contributed by atoms with E-state index in [0.717, 1.165) is 17.7 Å². The molecule has 1 aliphatic rings. The summed E-state index contributed by atoms with van der Waals surface area (Å²) in [7, 11) is -1.02. The Morgan fingerprint density at radius 3 is 2.21 bits per heavy atom. The molecular weight excluding hydrogens is 365 g/mol. The van der Waals surface area contributed by atoms with E-state index in [1.165, 1.54) is 0 Å². The van der Waals surface area contributed by atoms with Gasteiger partial charge in [-0.3, -0.25) is 4.79 Å². The first kappa shape index (κ1) is 20.5. The van der Waals surface area contributed by atoms with Crippen molar-refractivity contribution in [2.75, 3.05) is 0 Å². The molecule has 2 aromatic carbocycles. The van der Waals surface area contributed by atoms with Crippen LogP contribution in [-0.2, 0) is 31.9 Å². The maximum Gasteiger partial charge on any atom is 0.497 e. The normalized spacial score (nSPS) is 17.6. The number of carbonyl (C=O) groups excluding carboxylic acids is 1. The highest BCUT2D eigenvalue weighted by Crippen LogP contribution is 2.36. The molecular formula is C21H23BF2O4. The monoisotopic (exact) mass is 388 g/mol. The van der Waals surface area contributed by atoms with Crippen molar-refractivity contribution in [2.45, 2.75) is 51.9 Å². The summed E-state index contributed by atoms with van der Waals surface area (Å²) in [5.74, 6) is -2.03. The maximum atomic E-state index is 14.6. The summed E-state index contributed by atoms with van der Waals surface area (Å²) >= 11 is 0. The Kier molecular flexibility index (Phi) is 5.59. The van der Waals surface area contributed by atoms with Crippen LogP contribution in [0, 0.1) is 11.6 Å². The lowest BCUT2D eigenvalue weighted by molar-refractivity contribution is -0.144. The summed E-state index contributed by atoms with van der Waals surface area (Å²) in [4.78, 5) is 12.0. The minimum absolute atomic E-state index is 0.0300. The van der Waals surface area contributed by atoms with Crippen LogP contribution in [-0.4, -0.2) is 24.3 Å². The lowest BCUT2D eigenvalue weighted by atomic mass is 9.78. The van der Waals surface area contributed by atoms with Gasteiger partial charge < -0.3 is 14.0 Å². The van der Waals surface area contributed by atoms with Crippen LogP contribution < -0.4 is 5.46 Å². The molecule has 1 aliphatic heterocycles. The van der Waals surface area contributed by atoms with E-state index < -0.39 is 35.9 Å². The fraction of sp³-hybridized carbons (Fsp3) is 0.381. The average molecular weight is 388 g/mol. The Bertz CT molecular complexity index is 852. The van der Waals surface area contributed by atoms with Gasteiger partial charge in [-0.15, -0.1) is 0 Å². The number of halogens is 2. The number of ether oxygens (including phenoxy) is 1. The Morgan fingerprint density at radius 2 is 1.61 bits per heavy atom. The van der Waals surface area contributed by atoms with Crippen molar-refractivity contribution in [3.8, 4) is 0 Å². The second kappa shape index (κ2) is 7.64. The van der Waals surface area contributed by atoms with Gasteiger partial charge in [-0.05, 0) is 45.4 Å². The van der Waals surface area contributed by atoms with E-state index in [-0.39, 0.29) is 24.1 Å². The predicted octanol–water partition coefficient (Wildman–Crippen LogP) is 3.55. The third-order valence-electron chi connectivity index (χ3n) is 5.25. The van der Waals surface area contributed by atoms with Crippen LogP contribution in [0.25, 0.3) is 0 Å². The second-order valence-corrected chi connectivity index (χ2v) is 7.88. The van der Waals surface area contributed by atoms with Gasteiger partial charge in [-0.2, -0.15) is 0 Å². The van der Waals surface area contributed by atoms with Gasteiger partial charge in [0.1, 0.15) is 18.2 Å². The zero-order valence-electron chi connectivity index (χ0n) is 16.4. The van der Waals surface area contributed by atoms with Crippen molar-refractivity contribution in [2.24, 2.45) is 0 Å². The molecule has 1 saturated heterocycles. The largest absolute Gasteiger partial charge is 0.497 e. The van der Waals surface area contributed by atoms with E-state index in [9.17, 15) is 13.6 Å². The lowest BCUT2D eigenvalue weighted by Gasteiger charge is -2.32. The highest BCUT2D eigenvalue weighted by Gasteiger charge is 2.52. The first-order chi connectivity index (χ1) is 13.1. The van der Waals surface area contributed by atoms with Crippen LogP contribution in [0.4, 0.5) is 8.78 Å². The van der Waals surface area contributed by atoms with E-state index in [4.69, 9.17) is 14.0 Å². The predicted molar refractivity (Wildman–Crippen MR) is 102 cm³/mol. The smallest absolute Gasteiger partial charge is 0.461 e. The van der Waals surface area contributed by atoms with E-state index in [0.29, 0.717) is 0 Å². The second-order valence-electron chi connectivity index (χ2n) is 7.88. The Balaban J connectivity index is 1.69. The summed E-state index contributed by atoms with van der Waals surface area (Å²) < 4.78 is 45.8. The van der Waals surface area contributed by atoms with E-state index >= 15 is 0 Å². The highest BCUT2D eigenvalue weighted by atomic mass is 19.1. The molecule has 28 heavy (non-hydrogen) atoms. The topological polar surface area (TPSA) is 44.8 Å². The molecule has 2 aromatic rings. The fourth-order valence-corrected chi connectivity index (χ4v) is 2.83. The number of hydrogen-bond donors (Lipinski definition) is 0. The van der Waals surface area contributed by atoms with Gasteiger partial charge in [0.15, 0.2) is 0 Å². The SMILES string of the molecule is CC1(C)OB(c2cc(F)c(CC(=O)OCc3ccccc3)cc2F)OC1(C)C. The molecule has 0 aromatic heterocycles. The van der Waals surface area contributed by atoms with Crippen molar-refractivity contribution in [3.05, 3.63) is 65.2 Å². The van der Waals surface area contributed by atoms with Crippen LogP contribution in [0.1, 0.15) is 38.8 Å². The van der Waals surface area contributed by atoms with Gasteiger partial charge in [0.25, 0.3) is 0 Å². The minimum Gasteiger partial charge on any atom is -0.461 e. The van der Waals surface area contributed by atoms with Gasteiger partial charge in [0, 0.05) is 11.0 Å². The van der Waals surface area contributed by atoms with E-state index in [2.05, 4.69) is 0 Å². The summed E-state index contributed by atoms with van der Waals surface area (Å²) in [6, 6.07) is 11.2. The number of benzene rings is 2. The Hall–Kier alpha value is -2.25. The summed E-state index contributed by atoms with van der Waals surface area (Å²) in [5, 5.41) is 0. The Labute approximate surface area is 163 Å². The lowest BCUT2D eigenvalue weighted by Crippen LogP contribution is -2.41. The number of rotatable bonds is 5. The molecule has 1 heterocycles. The molecule has 0 unspecified atom stereocenters. The standard InChI is InChI=1S/C21H23BF2O4/c1-20(2)21(3,4)28-22(27-20)16-12-17(23)15(10-18(16)24)11-19(25)26-13-14-8-6-5-7-9-14/h5-10,12H,11,13H2,1-4H3. The van der Waals surface area contributed by atoms with Crippen LogP contribution in [0.2, 0.25) is 0 Å². The van der Waals surface area contributed by atoms with Crippen molar-refractivity contribution in [1.29, 1.82) is 0 Å². The van der Waals surface area contributed by atoms with Gasteiger partial charge >= 0.3 is 13.1 Å². The van der Waals surface area contributed by atoms with Crippen molar-refractivity contribution in [1.82, 2.24) is 0 Å². The summed E-state index contributed by atoms with van der Waals surface area (Å²) in [5.41, 5.74) is -0.618. The van der Waals surface area contributed by atoms with E-state index in [1.54, 1.807) is 0 Å². The van der Waals surface area contributed by atoms with Crippen LogP contribution in [0.3, 0.4) is 0 Å². The molecule has 148 valence electrons. The van der Waals surface area contributed by atoms with Gasteiger partial charge in [-0.1, -0.05) is 30.3 Å². The molecule has 0 amide bonds. The van der Waals surface area contributed by atoms with E-state index in [1.807, 2.05) is 58.0 Å². The van der Waals surface area contributed by atoms with Gasteiger partial charge in [-0.25, -0.2) is 8.78 Å². The van der Waals surface area contributed by atoms with Crippen molar-refractivity contribution >= 4 is 18.6 Å². The third-order valence-corrected chi connectivity index (χ3v) is 5.25. The molecule has 0 radical (unpaired) electrons. The average Bonchev–Trinajstić information content (AvgIpc) is 2.84. The van der Waals surface area contributed by atoms with Crippen molar-refractivity contribution in [3.63, 3.8) is 0 Å². The van der Waals surface area contributed by atoms with Gasteiger partial charge in [0.05, 0.1) is 17.6 Å². The molecule has 4 nitrogen and oxygen atoms in total. The molecule has 0 spiro atoms. The number of carbonyl (C=O) groups is 1. The van der Waals surface area contributed by atoms with Gasteiger partial charge in [0.2, 0.25) is 0 Å². The van der Waals surface area contributed by atoms with Crippen LogP contribution in [0.15, 0.2) is 42.5 Å². The first-order valence-corrected chi connectivity index (χ1v) is 9.12. The molecule has 1 fully saturated rings. The fourth-order valence-electron chi connectivity index (χ4n) is 2.83. The first-order valence-electron chi connectivity index (χ1n) is 9.12. The highest BCUT2D eigenvalue weighted by molar-refractivity contribution is 6.62. The molecule has 3 rings (SSSR count). The number of hydrogen-bond acceptors (Lipinski definition) is 4. The maximum absolute atomic E-state index is 14.6. The zero-order chi connectivity index (χ0) is 20.5. The quantitative estimate of drug-likeness (QED) is 0.581. The summed E-state index contributed by atoms with van der Waals surface area (Å²) in [6.07, 6.45) is -0.362. The molecule has 7 heteroatoms. The third kappa shape index (κ3) is 4.26. The van der Waals surface area contributed by atoms with Crippen LogP contribution in [0.5, 0.6) is 0 Å². The molecule has 0 bridgehead atoms. The molecule has 0 aliphatic carbocycles.